The van der Waals surface area contributed by atoms with Crippen molar-refractivity contribution in [3.63, 3.8) is 0 Å². The SMILES string of the molecule is CN=C(NCC1CCOc2ccccc21)NC1CCN(C(=O)OC)CC1.I. The third kappa shape index (κ3) is 5.63. The van der Waals surface area contributed by atoms with Gasteiger partial charge in [-0.3, -0.25) is 4.99 Å². The average Bonchev–Trinajstić information content (AvgIpc) is 2.71. The minimum absolute atomic E-state index is 0. The van der Waals surface area contributed by atoms with Crippen molar-refractivity contribution in [2.24, 2.45) is 4.99 Å². The smallest absolute Gasteiger partial charge is 0.409 e. The average molecular weight is 488 g/mol. The first-order valence-electron chi connectivity index (χ1n) is 9.23. The van der Waals surface area contributed by atoms with Crippen molar-refractivity contribution >= 4 is 36.0 Å². The molecular weight excluding hydrogens is 459 g/mol. The minimum atomic E-state index is -0.246. The van der Waals surface area contributed by atoms with Crippen LogP contribution in [0.25, 0.3) is 0 Å². The van der Waals surface area contributed by atoms with Crippen molar-refractivity contribution in [1.82, 2.24) is 15.5 Å². The first kappa shape index (κ1) is 21.6. The molecule has 0 radical (unpaired) electrons. The Morgan fingerprint density at radius 3 is 2.74 bits per heavy atom. The molecule has 8 heteroatoms. The number of nitrogens with zero attached hydrogens (tertiary/aromatic N) is 2. The lowest BCUT2D eigenvalue weighted by Gasteiger charge is -2.32. The third-order valence-corrected chi connectivity index (χ3v) is 5.09. The predicted molar refractivity (Wildman–Crippen MR) is 116 cm³/mol. The van der Waals surface area contributed by atoms with Gasteiger partial charge >= 0.3 is 6.09 Å². The molecule has 1 aromatic carbocycles. The fraction of sp³-hybridized carbons (Fsp3) is 0.579. The van der Waals surface area contributed by atoms with Gasteiger partial charge in [0.25, 0.3) is 0 Å². The highest BCUT2D eigenvalue weighted by molar-refractivity contribution is 14.0. The van der Waals surface area contributed by atoms with Crippen LogP contribution in [0.5, 0.6) is 5.75 Å². The second-order valence-electron chi connectivity index (χ2n) is 6.70. The molecule has 27 heavy (non-hydrogen) atoms. The summed E-state index contributed by atoms with van der Waals surface area (Å²) in [6.45, 7) is 2.98. The summed E-state index contributed by atoms with van der Waals surface area (Å²) in [4.78, 5) is 17.7. The maximum atomic E-state index is 11.6. The van der Waals surface area contributed by atoms with Crippen molar-refractivity contribution < 1.29 is 14.3 Å². The molecular formula is C19H29IN4O3. The van der Waals surface area contributed by atoms with Gasteiger partial charge in [-0.25, -0.2) is 4.79 Å². The number of carbonyl (C=O) groups excluding carboxylic acids is 1. The zero-order valence-electron chi connectivity index (χ0n) is 15.9. The number of nitrogens with one attached hydrogen (secondary N) is 2. The van der Waals surface area contributed by atoms with Gasteiger partial charge in [0.05, 0.1) is 13.7 Å². The van der Waals surface area contributed by atoms with Crippen LogP contribution in [0.3, 0.4) is 0 Å². The Bertz CT molecular complexity index is 648. The number of aliphatic imine (C=N–C) groups is 1. The largest absolute Gasteiger partial charge is 0.493 e. The zero-order chi connectivity index (χ0) is 18.4. The van der Waals surface area contributed by atoms with E-state index in [4.69, 9.17) is 9.47 Å². The van der Waals surface area contributed by atoms with Crippen molar-refractivity contribution in [2.75, 3.05) is 40.4 Å². The molecule has 0 bridgehead atoms. The fourth-order valence-corrected chi connectivity index (χ4v) is 3.57. The van der Waals surface area contributed by atoms with Gasteiger partial charge in [0.15, 0.2) is 5.96 Å². The summed E-state index contributed by atoms with van der Waals surface area (Å²) >= 11 is 0. The molecule has 1 saturated heterocycles. The van der Waals surface area contributed by atoms with Crippen molar-refractivity contribution in [3.05, 3.63) is 29.8 Å². The number of piperidine rings is 1. The Hall–Kier alpha value is -1.71. The van der Waals surface area contributed by atoms with Crippen LogP contribution < -0.4 is 15.4 Å². The second-order valence-corrected chi connectivity index (χ2v) is 6.70. The lowest BCUT2D eigenvalue weighted by molar-refractivity contribution is 0.111. The molecule has 3 rings (SSSR count). The molecule has 1 aromatic rings. The Balaban J connectivity index is 0.00000261. The van der Waals surface area contributed by atoms with E-state index in [0.29, 0.717) is 25.0 Å². The quantitative estimate of drug-likeness (QED) is 0.389. The van der Waals surface area contributed by atoms with Gasteiger partial charge < -0.3 is 25.0 Å². The summed E-state index contributed by atoms with van der Waals surface area (Å²) in [6, 6.07) is 8.55. The molecule has 0 spiro atoms. The molecule has 0 saturated carbocycles. The van der Waals surface area contributed by atoms with Crippen LogP contribution in [0.4, 0.5) is 4.79 Å². The molecule has 2 aliphatic rings. The maximum absolute atomic E-state index is 11.6. The van der Waals surface area contributed by atoms with Gasteiger partial charge in [-0.2, -0.15) is 0 Å². The number of amides is 1. The number of ether oxygens (including phenoxy) is 2. The highest BCUT2D eigenvalue weighted by atomic mass is 127. The lowest BCUT2D eigenvalue weighted by atomic mass is 9.93. The number of guanidine groups is 1. The van der Waals surface area contributed by atoms with E-state index in [0.717, 1.165) is 44.1 Å². The highest BCUT2D eigenvalue weighted by Gasteiger charge is 2.25. The molecule has 1 atom stereocenters. The molecule has 150 valence electrons. The van der Waals surface area contributed by atoms with Crippen molar-refractivity contribution in [3.8, 4) is 5.75 Å². The van der Waals surface area contributed by atoms with Crippen LogP contribution >= 0.6 is 24.0 Å². The summed E-state index contributed by atoms with van der Waals surface area (Å²) in [5.41, 5.74) is 1.26. The van der Waals surface area contributed by atoms with E-state index in [1.165, 1.54) is 12.7 Å². The Morgan fingerprint density at radius 1 is 1.30 bits per heavy atom. The summed E-state index contributed by atoms with van der Waals surface area (Å²) in [5.74, 6) is 2.22. The van der Waals surface area contributed by atoms with Crippen LogP contribution in [-0.2, 0) is 4.74 Å². The van der Waals surface area contributed by atoms with E-state index in [2.05, 4.69) is 27.8 Å². The Morgan fingerprint density at radius 2 is 2.04 bits per heavy atom. The van der Waals surface area contributed by atoms with E-state index in [1.54, 1.807) is 11.9 Å². The topological polar surface area (TPSA) is 75.2 Å². The van der Waals surface area contributed by atoms with Gasteiger partial charge in [-0.1, -0.05) is 18.2 Å². The van der Waals surface area contributed by atoms with Crippen LogP contribution in [-0.4, -0.2) is 63.4 Å². The van der Waals surface area contributed by atoms with E-state index in [9.17, 15) is 4.79 Å². The molecule has 7 nitrogen and oxygen atoms in total. The second kappa shape index (κ2) is 10.6. The summed E-state index contributed by atoms with van der Waals surface area (Å²) in [5, 5.41) is 6.93. The maximum Gasteiger partial charge on any atom is 0.409 e. The number of benzene rings is 1. The number of carbonyl (C=O) groups is 1. The lowest BCUT2D eigenvalue weighted by Crippen LogP contribution is -2.50. The van der Waals surface area contributed by atoms with E-state index in [1.807, 2.05) is 12.1 Å². The fourth-order valence-electron chi connectivity index (χ4n) is 3.57. The molecule has 1 fully saturated rings. The minimum Gasteiger partial charge on any atom is -0.493 e. The number of fused-ring (bicyclic) bond motifs is 1. The first-order valence-corrected chi connectivity index (χ1v) is 9.23. The third-order valence-electron chi connectivity index (χ3n) is 5.09. The highest BCUT2D eigenvalue weighted by Crippen LogP contribution is 2.32. The molecule has 2 N–H and O–H groups in total. The standard InChI is InChI=1S/C19H28N4O3.HI/c1-20-18(22-15-7-10-23(11-8-15)19(24)25-2)21-13-14-9-12-26-17-6-4-3-5-16(14)17;/h3-6,14-15H,7-13H2,1-2H3,(H2,20,21,22);1H. The van der Waals surface area contributed by atoms with Crippen LogP contribution in [0.2, 0.25) is 0 Å². The van der Waals surface area contributed by atoms with E-state index >= 15 is 0 Å². The van der Waals surface area contributed by atoms with Gasteiger partial charge in [0, 0.05) is 38.6 Å². The molecule has 1 amide bonds. The van der Waals surface area contributed by atoms with Crippen LogP contribution in [0.15, 0.2) is 29.3 Å². The van der Waals surface area contributed by atoms with E-state index < -0.39 is 0 Å². The van der Waals surface area contributed by atoms with Gasteiger partial charge in [0.1, 0.15) is 5.75 Å². The number of methoxy groups -OCH3 is 1. The van der Waals surface area contributed by atoms with Crippen LogP contribution in [0.1, 0.15) is 30.7 Å². The molecule has 2 aliphatic heterocycles. The summed E-state index contributed by atoms with van der Waals surface area (Å²) < 4.78 is 10.5. The zero-order valence-corrected chi connectivity index (χ0v) is 18.3. The Kier molecular flexibility index (Phi) is 8.46. The molecule has 0 aliphatic carbocycles. The molecule has 0 aromatic heterocycles. The monoisotopic (exact) mass is 488 g/mol. The number of halogens is 1. The normalized spacial score (nSPS) is 20.0. The molecule has 2 heterocycles. The number of rotatable bonds is 3. The molecule has 1 unspecified atom stereocenters. The van der Waals surface area contributed by atoms with Crippen molar-refractivity contribution in [2.45, 2.75) is 31.2 Å². The van der Waals surface area contributed by atoms with Crippen molar-refractivity contribution in [1.29, 1.82) is 0 Å². The van der Waals surface area contributed by atoms with Gasteiger partial charge in [0.2, 0.25) is 0 Å². The van der Waals surface area contributed by atoms with Crippen LogP contribution in [0, 0.1) is 0 Å². The van der Waals surface area contributed by atoms with Gasteiger partial charge in [-0.05, 0) is 30.9 Å². The number of para-hydroxylation sites is 1. The number of likely N-dealkylation sites (tertiary alicyclic amines) is 1. The number of hydrogen-bond acceptors (Lipinski definition) is 4. The number of hydrogen-bond donors (Lipinski definition) is 2. The van der Waals surface area contributed by atoms with E-state index in [-0.39, 0.29) is 30.1 Å². The first-order chi connectivity index (χ1) is 12.7. The summed E-state index contributed by atoms with van der Waals surface area (Å²) in [7, 11) is 3.21. The predicted octanol–water partition coefficient (Wildman–Crippen LogP) is 2.57. The Labute approximate surface area is 177 Å². The van der Waals surface area contributed by atoms with Gasteiger partial charge in [-0.15, -0.1) is 24.0 Å². The summed E-state index contributed by atoms with van der Waals surface area (Å²) in [6.07, 6.45) is 2.52.